The van der Waals surface area contributed by atoms with E-state index < -0.39 is 17.0 Å². The van der Waals surface area contributed by atoms with Crippen LogP contribution in [-0.4, -0.2) is 4.98 Å². The van der Waals surface area contributed by atoms with Crippen molar-refractivity contribution in [3.8, 4) is 11.3 Å². The number of pyridine rings is 1. The Bertz CT molecular complexity index is 557. The van der Waals surface area contributed by atoms with E-state index in [1.165, 1.54) is 12.1 Å². The summed E-state index contributed by atoms with van der Waals surface area (Å²) in [7, 11) is 0. The zero-order chi connectivity index (χ0) is 13.3. The van der Waals surface area contributed by atoms with Crippen molar-refractivity contribution in [2.45, 2.75) is 26.2 Å². The van der Waals surface area contributed by atoms with E-state index in [-0.39, 0.29) is 5.56 Å². The standard InChI is InChI=1S/C15H15F2N/c1-15(2,3)13-11(16)8-7-10(14(13)17)12-6-4-5-9-18-12/h4-9H,1-3H3. The summed E-state index contributed by atoms with van der Waals surface area (Å²) in [5.41, 5.74) is 0.368. The van der Waals surface area contributed by atoms with Crippen molar-refractivity contribution >= 4 is 0 Å². The fourth-order valence-corrected chi connectivity index (χ4v) is 1.96. The molecule has 3 heteroatoms. The molecular formula is C15H15F2N. The molecule has 0 saturated carbocycles. The third-order valence-corrected chi connectivity index (χ3v) is 2.78. The van der Waals surface area contributed by atoms with E-state index in [1.54, 1.807) is 45.2 Å². The van der Waals surface area contributed by atoms with Crippen LogP contribution in [0.5, 0.6) is 0 Å². The molecule has 0 unspecified atom stereocenters. The summed E-state index contributed by atoms with van der Waals surface area (Å²) < 4.78 is 28.2. The first-order valence-corrected chi connectivity index (χ1v) is 5.81. The molecule has 2 aromatic rings. The van der Waals surface area contributed by atoms with Gasteiger partial charge in [0.2, 0.25) is 0 Å². The smallest absolute Gasteiger partial charge is 0.139 e. The predicted octanol–water partition coefficient (Wildman–Crippen LogP) is 4.32. The minimum Gasteiger partial charge on any atom is -0.256 e. The predicted molar refractivity (Wildman–Crippen MR) is 68.3 cm³/mol. The van der Waals surface area contributed by atoms with Gasteiger partial charge in [0.05, 0.1) is 5.69 Å². The van der Waals surface area contributed by atoms with Crippen LogP contribution in [0.15, 0.2) is 36.5 Å². The third-order valence-electron chi connectivity index (χ3n) is 2.78. The lowest BCUT2D eigenvalue weighted by Gasteiger charge is -2.21. The van der Waals surface area contributed by atoms with Crippen molar-refractivity contribution in [2.75, 3.05) is 0 Å². The molecule has 0 saturated heterocycles. The maximum absolute atomic E-state index is 14.4. The molecule has 18 heavy (non-hydrogen) atoms. The second-order valence-electron chi connectivity index (χ2n) is 5.25. The number of aromatic nitrogens is 1. The Balaban J connectivity index is 2.66. The normalized spacial score (nSPS) is 11.6. The molecule has 0 spiro atoms. The van der Waals surface area contributed by atoms with Gasteiger partial charge in [-0.05, 0) is 29.7 Å². The largest absolute Gasteiger partial charge is 0.256 e. The second kappa shape index (κ2) is 4.48. The molecule has 0 aliphatic rings. The summed E-state index contributed by atoms with van der Waals surface area (Å²) in [6.07, 6.45) is 1.59. The SMILES string of the molecule is CC(C)(C)c1c(F)ccc(-c2ccccn2)c1F. The quantitative estimate of drug-likeness (QED) is 0.731. The Morgan fingerprint density at radius 2 is 1.72 bits per heavy atom. The molecule has 1 heterocycles. The summed E-state index contributed by atoms with van der Waals surface area (Å²) in [5, 5.41) is 0. The monoisotopic (exact) mass is 247 g/mol. The van der Waals surface area contributed by atoms with Gasteiger partial charge in [-0.1, -0.05) is 26.8 Å². The van der Waals surface area contributed by atoms with Crippen LogP contribution in [0.4, 0.5) is 8.78 Å². The Kier molecular flexibility index (Phi) is 3.16. The first kappa shape index (κ1) is 12.7. The van der Waals surface area contributed by atoms with Crippen LogP contribution in [0, 0.1) is 11.6 Å². The molecule has 0 atom stereocenters. The van der Waals surface area contributed by atoms with E-state index in [1.807, 2.05) is 0 Å². The molecule has 1 aromatic carbocycles. The van der Waals surface area contributed by atoms with Gasteiger partial charge in [-0.3, -0.25) is 4.98 Å². The van der Waals surface area contributed by atoms with Crippen molar-refractivity contribution in [3.05, 3.63) is 53.7 Å². The Morgan fingerprint density at radius 3 is 2.28 bits per heavy atom. The Labute approximate surface area is 105 Å². The van der Waals surface area contributed by atoms with E-state index in [2.05, 4.69) is 4.98 Å². The van der Waals surface area contributed by atoms with Crippen LogP contribution in [0.3, 0.4) is 0 Å². The van der Waals surface area contributed by atoms with Crippen LogP contribution < -0.4 is 0 Å². The number of benzene rings is 1. The molecule has 0 radical (unpaired) electrons. The molecule has 2 rings (SSSR count). The zero-order valence-electron chi connectivity index (χ0n) is 10.7. The highest BCUT2D eigenvalue weighted by atomic mass is 19.1. The molecule has 1 nitrogen and oxygen atoms in total. The number of nitrogens with zero attached hydrogens (tertiary/aromatic N) is 1. The van der Waals surface area contributed by atoms with E-state index >= 15 is 0 Å². The van der Waals surface area contributed by atoms with Gasteiger partial charge in [-0.15, -0.1) is 0 Å². The highest BCUT2D eigenvalue weighted by Crippen LogP contribution is 2.32. The summed E-state index contributed by atoms with van der Waals surface area (Å²) in [5.74, 6) is -1.04. The Morgan fingerprint density at radius 1 is 1.00 bits per heavy atom. The lowest BCUT2D eigenvalue weighted by molar-refractivity contribution is 0.477. The molecule has 0 aliphatic heterocycles. The zero-order valence-corrected chi connectivity index (χ0v) is 10.7. The van der Waals surface area contributed by atoms with Crippen molar-refractivity contribution in [3.63, 3.8) is 0 Å². The van der Waals surface area contributed by atoms with Gasteiger partial charge in [-0.2, -0.15) is 0 Å². The van der Waals surface area contributed by atoms with E-state index in [9.17, 15) is 8.78 Å². The third kappa shape index (κ3) is 2.26. The van der Waals surface area contributed by atoms with Gasteiger partial charge in [0.25, 0.3) is 0 Å². The van der Waals surface area contributed by atoms with Crippen molar-refractivity contribution in [1.82, 2.24) is 4.98 Å². The van der Waals surface area contributed by atoms with Crippen LogP contribution in [-0.2, 0) is 5.41 Å². The van der Waals surface area contributed by atoms with E-state index in [0.717, 1.165) is 0 Å². The topological polar surface area (TPSA) is 12.9 Å². The first-order valence-electron chi connectivity index (χ1n) is 5.81. The highest BCUT2D eigenvalue weighted by Gasteiger charge is 2.25. The van der Waals surface area contributed by atoms with Crippen LogP contribution >= 0.6 is 0 Å². The van der Waals surface area contributed by atoms with Gasteiger partial charge >= 0.3 is 0 Å². The molecule has 0 bridgehead atoms. The fraction of sp³-hybridized carbons (Fsp3) is 0.267. The number of hydrogen-bond donors (Lipinski definition) is 0. The van der Waals surface area contributed by atoms with Gasteiger partial charge in [-0.25, -0.2) is 8.78 Å². The van der Waals surface area contributed by atoms with Gasteiger partial charge in [0, 0.05) is 17.3 Å². The number of rotatable bonds is 1. The van der Waals surface area contributed by atoms with Crippen molar-refractivity contribution < 1.29 is 8.78 Å². The molecule has 0 fully saturated rings. The average Bonchev–Trinajstić information content (AvgIpc) is 2.28. The van der Waals surface area contributed by atoms with Crippen LogP contribution in [0.25, 0.3) is 11.3 Å². The van der Waals surface area contributed by atoms with Crippen LogP contribution in [0.1, 0.15) is 26.3 Å². The minimum absolute atomic E-state index is 0.102. The van der Waals surface area contributed by atoms with E-state index in [4.69, 9.17) is 0 Å². The summed E-state index contributed by atoms with van der Waals surface area (Å²) >= 11 is 0. The minimum atomic E-state index is -0.584. The molecule has 94 valence electrons. The van der Waals surface area contributed by atoms with Gasteiger partial charge in [0.1, 0.15) is 11.6 Å². The lowest BCUT2D eigenvalue weighted by atomic mass is 9.84. The van der Waals surface area contributed by atoms with E-state index in [0.29, 0.717) is 11.3 Å². The van der Waals surface area contributed by atoms with Crippen molar-refractivity contribution in [2.24, 2.45) is 0 Å². The average molecular weight is 247 g/mol. The van der Waals surface area contributed by atoms with Gasteiger partial charge < -0.3 is 0 Å². The second-order valence-corrected chi connectivity index (χ2v) is 5.25. The first-order chi connectivity index (χ1) is 8.41. The van der Waals surface area contributed by atoms with Crippen LogP contribution in [0.2, 0.25) is 0 Å². The molecule has 0 amide bonds. The molecular weight excluding hydrogens is 232 g/mol. The number of halogens is 2. The molecule has 0 N–H and O–H groups in total. The lowest BCUT2D eigenvalue weighted by Crippen LogP contribution is -2.16. The maximum Gasteiger partial charge on any atom is 0.139 e. The van der Waals surface area contributed by atoms with Crippen molar-refractivity contribution in [1.29, 1.82) is 0 Å². The summed E-state index contributed by atoms with van der Waals surface area (Å²) in [4.78, 5) is 4.10. The number of hydrogen-bond acceptors (Lipinski definition) is 1. The van der Waals surface area contributed by atoms with Gasteiger partial charge in [0.15, 0.2) is 0 Å². The maximum atomic E-state index is 14.4. The molecule has 0 aliphatic carbocycles. The summed E-state index contributed by atoms with van der Waals surface area (Å²) in [6.45, 7) is 5.37. The molecule has 1 aromatic heterocycles. The fourth-order valence-electron chi connectivity index (χ4n) is 1.96. The summed E-state index contributed by atoms with van der Waals surface area (Å²) in [6, 6.07) is 7.98. The Hall–Kier alpha value is -1.77. The highest BCUT2D eigenvalue weighted by molar-refractivity contribution is 5.61.